The lowest BCUT2D eigenvalue weighted by atomic mass is 9.71. The van der Waals surface area contributed by atoms with E-state index in [0.717, 1.165) is 23.9 Å². The molecule has 4 saturated heterocycles. The third-order valence-electron chi connectivity index (χ3n) is 5.80. The van der Waals surface area contributed by atoms with E-state index < -0.39 is 0 Å². The first-order chi connectivity index (χ1) is 8.42. The van der Waals surface area contributed by atoms with Crippen molar-refractivity contribution in [1.29, 1.82) is 0 Å². The minimum Gasteiger partial charge on any atom is -0.300 e. The maximum atomic E-state index is 2.86. The Morgan fingerprint density at radius 2 is 1.71 bits per heavy atom. The molecule has 0 spiro atoms. The SMILES string of the molecule is [CH]1CC[C@H]2[C@H]3C[C@@H](CN2C1)[C@H]1CCCCN1C3. The van der Waals surface area contributed by atoms with Crippen LogP contribution in [-0.4, -0.2) is 48.1 Å². The van der Waals surface area contributed by atoms with Crippen molar-refractivity contribution in [3.05, 3.63) is 6.42 Å². The van der Waals surface area contributed by atoms with Gasteiger partial charge in [-0.1, -0.05) is 6.42 Å². The van der Waals surface area contributed by atoms with Crippen molar-refractivity contribution >= 4 is 0 Å². The Labute approximate surface area is 105 Å². The van der Waals surface area contributed by atoms with Crippen LogP contribution in [0.2, 0.25) is 0 Å². The van der Waals surface area contributed by atoms with Crippen LogP contribution in [0.1, 0.15) is 38.5 Å². The van der Waals surface area contributed by atoms with Crippen LogP contribution in [0.4, 0.5) is 0 Å². The normalized spacial score (nSPS) is 47.3. The molecule has 0 amide bonds. The quantitative estimate of drug-likeness (QED) is 0.632. The van der Waals surface area contributed by atoms with Crippen molar-refractivity contribution in [2.75, 3.05) is 26.2 Å². The second-order valence-electron chi connectivity index (χ2n) is 6.70. The lowest BCUT2D eigenvalue weighted by Crippen LogP contribution is -2.63. The fraction of sp³-hybridized carbons (Fsp3) is 0.933. The van der Waals surface area contributed by atoms with Crippen LogP contribution in [0, 0.1) is 18.3 Å². The molecule has 4 atom stereocenters. The number of hydrogen-bond donors (Lipinski definition) is 0. The van der Waals surface area contributed by atoms with E-state index in [1.165, 1.54) is 58.3 Å². The smallest absolute Gasteiger partial charge is 0.0136 e. The van der Waals surface area contributed by atoms with Gasteiger partial charge in [0.1, 0.15) is 0 Å². The van der Waals surface area contributed by atoms with E-state index in [2.05, 4.69) is 16.2 Å². The van der Waals surface area contributed by atoms with Gasteiger partial charge in [-0.05, 0) is 56.9 Å². The summed E-state index contributed by atoms with van der Waals surface area (Å²) in [5.41, 5.74) is 0. The maximum absolute atomic E-state index is 2.86. The molecular formula is C15H25N2. The second kappa shape index (κ2) is 4.24. The van der Waals surface area contributed by atoms with Crippen LogP contribution in [-0.2, 0) is 0 Å². The van der Waals surface area contributed by atoms with Gasteiger partial charge >= 0.3 is 0 Å². The van der Waals surface area contributed by atoms with Crippen molar-refractivity contribution in [3.63, 3.8) is 0 Å². The molecule has 0 aromatic rings. The standard InChI is InChI=1S/C15H25N2/c1-3-7-16-11-13-9-12(14(16)5-1)10-17-8-4-2-6-15(13)17/h3,12-15H,1-2,4-11H2/t12-,13-,14-,15+/m0/s1. The average molecular weight is 233 g/mol. The van der Waals surface area contributed by atoms with Gasteiger partial charge < -0.3 is 0 Å². The highest BCUT2D eigenvalue weighted by Gasteiger charge is 2.46. The second-order valence-corrected chi connectivity index (χ2v) is 6.70. The monoisotopic (exact) mass is 233 g/mol. The molecule has 0 aromatic carbocycles. The molecule has 0 aromatic heterocycles. The topological polar surface area (TPSA) is 6.48 Å². The Morgan fingerprint density at radius 3 is 2.65 bits per heavy atom. The van der Waals surface area contributed by atoms with Crippen molar-refractivity contribution < 1.29 is 0 Å². The molecule has 0 saturated carbocycles. The summed E-state index contributed by atoms with van der Waals surface area (Å²) < 4.78 is 0. The molecular weight excluding hydrogens is 208 g/mol. The van der Waals surface area contributed by atoms with Crippen LogP contribution in [0.15, 0.2) is 0 Å². The molecule has 4 rings (SSSR count). The molecule has 4 fully saturated rings. The third-order valence-corrected chi connectivity index (χ3v) is 5.80. The fourth-order valence-corrected chi connectivity index (χ4v) is 5.08. The van der Waals surface area contributed by atoms with E-state index >= 15 is 0 Å². The molecule has 1 radical (unpaired) electrons. The molecule has 4 heterocycles. The Kier molecular flexibility index (Phi) is 2.69. The maximum Gasteiger partial charge on any atom is 0.0136 e. The van der Waals surface area contributed by atoms with Gasteiger partial charge in [-0.15, -0.1) is 0 Å². The number of rotatable bonds is 0. The number of piperidine rings is 4. The molecule has 2 bridgehead atoms. The predicted octanol–water partition coefficient (Wildman–Crippen LogP) is 2.16. The van der Waals surface area contributed by atoms with E-state index in [9.17, 15) is 0 Å². The Balaban J connectivity index is 1.56. The summed E-state index contributed by atoms with van der Waals surface area (Å²) in [5.74, 6) is 1.99. The molecule has 4 aliphatic heterocycles. The Bertz CT molecular complexity index is 263. The molecule has 2 heteroatoms. The number of nitrogens with zero attached hydrogens (tertiary/aromatic N) is 2. The Hall–Kier alpha value is -0.0800. The third kappa shape index (κ3) is 1.76. The predicted molar refractivity (Wildman–Crippen MR) is 69.7 cm³/mol. The molecule has 4 aliphatic rings. The van der Waals surface area contributed by atoms with Crippen molar-refractivity contribution in [2.45, 2.75) is 50.6 Å². The van der Waals surface area contributed by atoms with Gasteiger partial charge in [0.2, 0.25) is 0 Å². The van der Waals surface area contributed by atoms with E-state index in [1.807, 2.05) is 0 Å². The number of hydrogen-bond acceptors (Lipinski definition) is 2. The molecule has 17 heavy (non-hydrogen) atoms. The lowest BCUT2D eigenvalue weighted by molar-refractivity contribution is -0.0660. The fourth-order valence-electron chi connectivity index (χ4n) is 5.08. The summed E-state index contributed by atoms with van der Waals surface area (Å²) in [6, 6.07) is 1.88. The lowest BCUT2D eigenvalue weighted by Gasteiger charge is -2.57. The molecule has 0 N–H and O–H groups in total. The van der Waals surface area contributed by atoms with E-state index in [4.69, 9.17) is 0 Å². The zero-order chi connectivity index (χ0) is 11.2. The van der Waals surface area contributed by atoms with Gasteiger partial charge in [-0.25, -0.2) is 0 Å². The van der Waals surface area contributed by atoms with Crippen LogP contribution in [0.5, 0.6) is 0 Å². The zero-order valence-electron chi connectivity index (χ0n) is 10.9. The van der Waals surface area contributed by atoms with Crippen molar-refractivity contribution in [1.82, 2.24) is 9.80 Å². The Morgan fingerprint density at radius 1 is 0.882 bits per heavy atom. The van der Waals surface area contributed by atoms with Gasteiger partial charge in [0.15, 0.2) is 0 Å². The first kappa shape index (κ1) is 10.8. The van der Waals surface area contributed by atoms with E-state index in [1.54, 1.807) is 6.42 Å². The highest BCUT2D eigenvalue weighted by Crippen LogP contribution is 2.42. The minimum absolute atomic E-state index is 0.930. The summed E-state index contributed by atoms with van der Waals surface area (Å²) in [5, 5.41) is 0. The summed E-state index contributed by atoms with van der Waals surface area (Å²) in [7, 11) is 0. The van der Waals surface area contributed by atoms with Gasteiger partial charge in [0.05, 0.1) is 0 Å². The summed E-state index contributed by atoms with van der Waals surface area (Å²) in [6.07, 6.45) is 11.3. The summed E-state index contributed by atoms with van der Waals surface area (Å²) in [4.78, 5) is 5.67. The van der Waals surface area contributed by atoms with Crippen LogP contribution in [0.25, 0.3) is 0 Å². The highest BCUT2D eigenvalue weighted by molar-refractivity contribution is 5.02. The molecule has 0 aliphatic carbocycles. The average Bonchev–Trinajstić information content (AvgIpc) is 2.39. The van der Waals surface area contributed by atoms with Crippen LogP contribution >= 0.6 is 0 Å². The minimum atomic E-state index is 0.930. The van der Waals surface area contributed by atoms with E-state index in [0.29, 0.717) is 0 Å². The first-order valence-corrected chi connectivity index (χ1v) is 7.71. The van der Waals surface area contributed by atoms with E-state index in [-0.39, 0.29) is 0 Å². The summed E-state index contributed by atoms with van der Waals surface area (Å²) >= 11 is 0. The van der Waals surface area contributed by atoms with Crippen molar-refractivity contribution in [2.24, 2.45) is 11.8 Å². The van der Waals surface area contributed by atoms with Crippen molar-refractivity contribution in [3.8, 4) is 0 Å². The summed E-state index contributed by atoms with van der Waals surface area (Å²) in [6.45, 7) is 5.50. The highest BCUT2D eigenvalue weighted by atomic mass is 15.3. The molecule has 2 nitrogen and oxygen atoms in total. The molecule has 0 unspecified atom stereocenters. The van der Waals surface area contributed by atoms with Gasteiger partial charge in [0, 0.05) is 31.7 Å². The van der Waals surface area contributed by atoms with Gasteiger partial charge in [-0.2, -0.15) is 0 Å². The largest absolute Gasteiger partial charge is 0.300 e. The van der Waals surface area contributed by atoms with Gasteiger partial charge in [-0.3, -0.25) is 9.80 Å². The van der Waals surface area contributed by atoms with Crippen LogP contribution in [0.3, 0.4) is 0 Å². The number of fused-ring (bicyclic) bond motifs is 6. The van der Waals surface area contributed by atoms with Gasteiger partial charge in [0.25, 0.3) is 0 Å². The zero-order valence-corrected chi connectivity index (χ0v) is 10.9. The van der Waals surface area contributed by atoms with Crippen LogP contribution < -0.4 is 0 Å². The first-order valence-electron chi connectivity index (χ1n) is 7.71. The molecule has 95 valence electrons.